The number of rotatable bonds is 5. The molecule has 0 atom stereocenters. The van der Waals surface area contributed by atoms with Crippen LogP contribution in [0.5, 0.6) is 5.75 Å². The van der Waals surface area contributed by atoms with Gasteiger partial charge in [-0.2, -0.15) is 0 Å². The van der Waals surface area contributed by atoms with Crippen LogP contribution in [0.3, 0.4) is 0 Å². The maximum atomic E-state index is 12.9. The summed E-state index contributed by atoms with van der Waals surface area (Å²) in [5.41, 5.74) is 2.00. The average Bonchev–Trinajstić information content (AvgIpc) is 2.56. The van der Waals surface area contributed by atoms with Gasteiger partial charge in [0, 0.05) is 30.2 Å². The first-order chi connectivity index (χ1) is 11.1. The van der Waals surface area contributed by atoms with Crippen molar-refractivity contribution in [2.75, 3.05) is 14.2 Å². The number of benzene rings is 2. The van der Waals surface area contributed by atoms with Crippen molar-refractivity contribution < 1.29 is 9.13 Å². The van der Waals surface area contributed by atoms with Gasteiger partial charge in [-0.15, -0.1) is 0 Å². The molecule has 2 aromatic carbocycles. The van der Waals surface area contributed by atoms with Crippen LogP contribution in [0.1, 0.15) is 11.1 Å². The molecular weight excluding hydrogens is 361 g/mol. The number of aliphatic imine (C=N–C) groups is 1. The Bertz CT molecular complexity index is 674. The first kappa shape index (κ1) is 17.3. The number of hydrogen-bond donors (Lipinski definition) is 2. The van der Waals surface area contributed by atoms with Crippen LogP contribution < -0.4 is 15.4 Å². The maximum Gasteiger partial charge on any atom is 0.191 e. The van der Waals surface area contributed by atoms with E-state index in [-0.39, 0.29) is 5.82 Å². The minimum atomic E-state index is -0.238. The highest BCUT2D eigenvalue weighted by Crippen LogP contribution is 2.22. The third-order valence-corrected chi connectivity index (χ3v) is 3.78. The number of nitrogens with one attached hydrogen (secondary N) is 2. The van der Waals surface area contributed by atoms with Gasteiger partial charge in [0.25, 0.3) is 0 Å². The van der Waals surface area contributed by atoms with Gasteiger partial charge in [-0.05, 0) is 35.9 Å². The monoisotopic (exact) mass is 379 g/mol. The molecule has 0 spiro atoms. The Morgan fingerprint density at radius 1 is 1.13 bits per heavy atom. The van der Waals surface area contributed by atoms with Gasteiger partial charge in [0.05, 0.1) is 7.11 Å². The van der Waals surface area contributed by atoms with E-state index in [1.54, 1.807) is 26.3 Å². The molecule has 0 aliphatic rings. The van der Waals surface area contributed by atoms with E-state index < -0.39 is 0 Å². The van der Waals surface area contributed by atoms with Crippen molar-refractivity contribution in [1.82, 2.24) is 10.6 Å². The van der Waals surface area contributed by atoms with Gasteiger partial charge in [-0.3, -0.25) is 4.99 Å². The SMILES string of the molecule is CN=C(NCc1ccc(F)cc1)NCc1cc(Br)ccc1OC. The summed E-state index contributed by atoms with van der Waals surface area (Å²) in [7, 11) is 3.35. The van der Waals surface area contributed by atoms with Crippen LogP contribution in [0.15, 0.2) is 51.9 Å². The molecule has 0 aliphatic heterocycles. The fourth-order valence-electron chi connectivity index (χ4n) is 2.07. The van der Waals surface area contributed by atoms with Crippen molar-refractivity contribution in [3.63, 3.8) is 0 Å². The summed E-state index contributed by atoms with van der Waals surface area (Å²) in [5.74, 6) is 1.24. The van der Waals surface area contributed by atoms with Crippen molar-refractivity contribution in [3.8, 4) is 5.75 Å². The Kier molecular flexibility index (Phi) is 6.40. The lowest BCUT2D eigenvalue weighted by molar-refractivity contribution is 0.409. The molecule has 2 rings (SSSR count). The zero-order chi connectivity index (χ0) is 16.7. The molecule has 0 radical (unpaired) electrons. The second-order valence-corrected chi connectivity index (χ2v) is 5.78. The summed E-state index contributed by atoms with van der Waals surface area (Å²) in [4.78, 5) is 4.18. The highest BCUT2D eigenvalue weighted by Gasteiger charge is 2.05. The van der Waals surface area contributed by atoms with Crippen molar-refractivity contribution in [2.24, 2.45) is 4.99 Å². The van der Waals surface area contributed by atoms with Crippen LogP contribution in [0, 0.1) is 5.82 Å². The number of halogens is 2. The van der Waals surface area contributed by atoms with Gasteiger partial charge in [-0.25, -0.2) is 4.39 Å². The predicted octanol–water partition coefficient (Wildman–Crippen LogP) is 3.46. The van der Waals surface area contributed by atoms with Gasteiger partial charge in [-0.1, -0.05) is 28.1 Å². The zero-order valence-electron chi connectivity index (χ0n) is 13.1. The second kappa shape index (κ2) is 8.53. The van der Waals surface area contributed by atoms with E-state index in [1.807, 2.05) is 18.2 Å². The topological polar surface area (TPSA) is 45.7 Å². The number of guanidine groups is 1. The quantitative estimate of drug-likeness (QED) is 0.617. The van der Waals surface area contributed by atoms with Crippen LogP contribution in [-0.4, -0.2) is 20.1 Å². The van der Waals surface area contributed by atoms with Crippen molar-refractivity contribution in [2.45, 2.75) is 13.1 Å². The van der Waals surface area contributed by atoms with Crippen LogP contribution in [0.2, 0.25) is 0 Å². The third kappa shape index (κ3) is 5.25. The van der Waals surface area contributed by atoms with Crippen LogP contribution >= 0.6 is 15.9 Å². The first-order valence-corrected chi connectivity index (χ1v) is 7.93. The molecule has 6 heteroatoms. The molecule has 2 aromatic rings. The van der Waals surface area contributed by atoms with Crippen molar-refractivity contribution >= 4 is 21.9 Å². The summed E-state index contributed by atoms with van der Waals surface area (Å²) in [5, 5.41) is 6.42. The van der Waals surface area contributed by atoms with Crippen LogP contribution in [-0.2, 0) is 13.1 Å². The molecular formula is C17H19BrFN3O. The summed E-state index contributed by atoms with van der Waals surface area (Å²) < 4.78 is 19.2. The van der Waals surface area contributed by atoms with Gasteiger partial charge < -0.3 is 15.4 Å². The lowest BCUT2D eigenvalue weighted by atomic mass is 10.2. The Labute approximate surface area is 143 Å². The normalized spacial score (nSPS) is 11.2. The summed E-state index contributed by atoms with van der Waals surface area (Å²) in [6.07, 6.45) is 0. The molecule has 0 aromatic heterocycles. The fraction of sp³-hybridized carbons (Fsp3) is 0.235. The van der Waals surface area contributed by atoms with Gasteiger partial charge in [0.1, 0.15) is 11.6 Å². The molecule has 2 N–H and O–H groups in total. The summed E-state index contributed by atoms with van der Waals surface area (Å²) >= 11 is 3.46. The van der Waals surface area contributed by atoms with Gasteiger partial charge in [0.2, 0.25) is 0 Å². The number of ether oxygens (including phenoxy) is 1. The summed E-state index contributed by atoms with van der Waals surface area (Å²) in [6, 6.07) is 12.2. The van der Waals surface area contributed by atoms with E-state index in [0.29, 0.717) is 19.0 Å². The van der Waals surface area contributed by atoms with Crippen molar-refractivity contribution in [3.05, 3.63) is 63.9 Å². The number of hydrogen-bond acceptors (Lipinski definition) is 2. The number of nitrogens with zero attached hydrogens (tertiary/aromatic N) is 1. The van der Waals surface area contributed by atoms with E-state index >= 15 is 0 Å². The molecule has 23 heavy (non-hydrogen) atoms. The highest BCUT2D eigenvalue weighted by molar-refractivity contribution is 9.10. The fourth-order valence-corrected chi connectivity index (χ4v) is 2.48. The molecule has 0 amide bonds. The Morgan fingerprint density at radius 3 is 2.48 bits per heavy atom. The smallest absolute Gasteiger partial charge is 0.191 e. The molecule has 0 unspecified atom stereocenters. The van der Waals surface area contributed by atoms with Gasteiger partial charge >= 0.3 is 0 Å². The molecule has 0 bridgehead atoms. The largest absolute Gasteiger partial charge is 0.496 e. The average molecular weight is 380 g/mol. The number of methoxy groups -OCH3 is 1. The zero-order valence-corrected chi connectivity index (χ0v) is 14.7. The Balaban J connectivity index is 1.93. The lowest BCUT2D eigenvalue weighted by Gasteiger charge is -2.14. The predicted molar refractivity (Wildman–Crippen MR) is 94.1 cm³/mol. The second-order valence-electron chi connectivity index (χ2n) is 4.86. The maximum absolute atomic E-state index is 12.9. The molecule has 0 fully saturated rings. The standard InChI is InChI=1S/C17H19BrFN3O/c1-20-17(21-10-12-3-6-15(19)7-4-12)22-11-13-9-14(18)5-8-16(13)23-2/h3-9H,10-11H2,1-2H3,(H2,20,21,22). The van der Waals surface area contributed by atoms with Crippen LogP contribution in [0.4, 0.5) is 4.39 Å². The molecule has 122 valence electrons. The summed E-state index contributed by atoms with van der Waals surface area (Å²) in [6.45, 7) is 1.14. The minimum absolute atomic E-state index is 0.238. The van der Waals surface area contributed by atoms with E-state index in [2.05, 4.69) is 31.6 Å². The minimum Gasteiger partial charge on any atom is -0.496 e. The van der Waals surface area contributed by atoms with E-state index in [9.17, 15) is 4.39 Å². The first-order valence-electron chi connectivity index (χ1n) is 7.13. The van der Waals surface area contributed by atoms with Crippen molar-refractivity contribution in [1.29, 1.82) is 0 Å². The molecule has 0 heterocycles. The molecule has 0 saturated carbocycles. The highest BCUT2D eigenvalue weighted by atomic mass is 79.9. The third-order valence-electron chi connectivity index (χ3n) is 3.29. The molecule has 0 saturated heterocycles. The lowest BCUT2D eigenvalue weighted by Crippen LogP contribution is -2.36. The molecule has 4 nitrogen and oxygen atoms in total. The van der Waals surface area contributed by atoms with E-state index in [0.717, 1.165) is 21.3 Å². The van der Waals surface area contributed by atoms with Gasteiger partial charge in [0.15, 0.2) is 5.96 Å². The Hall–Kier alpha value is -2.08. The molecule has 0 aliphatic carbocycles. The Morgan fingerprint density at radius 2 is 1.83 bits per heavy atom. The van der Waals surface area contributed by atoms with E-state index in [4.69, 9.17) is 4.74 Å². The van der Waals surface area contributed by atoms with Crippen LogP contribution in [0.25, 0.3) is 0 Å². The van der Waals surface area contributed by atoms with E-state index in [1.165, 1.54) is 12.1 Å².